The zero-order chi connectivity index (χ0) is 13.5. The average molecular weight is 325 g/mol. The third-order valence-corrected chi connectivity index (χ3v) is 4.60. The molecular weight excluding hydrogens is 300 g/mol. The van der Waals surface area contributed by atoms with Crippen molar-refractivity contribution >= 4 is 15.9 Å². The van der Waals surface area contributed by atoms with E-state index in [9.17, 15) is 0 Å². The molecule has 1 fully saturated rings. The van der Waals surface area contributed by atoms with Crippen molar-refractivity contribution in [3.8, 4) is 0 Å². The molecule has 19 heavy (non-hydrogen) atoms. The number of nitrogens with one attached hydrogen (secondary N) is 1. The first-order valence-corrected chi connectivity index (χ1v) is 8.17. The van der Waals surface area contributed by atoms with Crippen LogP contribution in [0.4, 0.5) is 0 Å². The van der Waals surface area contributed by atoms with E-state index in [1.54, 1.807) is 0 Å². The highest BCUT2D eigenvalue weighted by Gasteiger charge is 2.13. The van der Waals surface area contributed by atoms with Crippen molar-refractivity contribution in [2.24, 2.45) is 5.92 Å². The summed E-state index contributed by atoms with van der Waals surface area (Å²) in [6.45, 7) is 4.83. The fourth-order valence-corrected chi connectivity index (χ4v) is 2.92. The Balaban J connectivity index is 1.63. The van der Waals surface area contributed by atoms with Gasteiger partial charge < -0.3 is 10.2 Å². The quantitative estimate of drug-likeness (QED) is 0.863. The maximum Gasteiger partial charge on any atom is 0.0175 e. The van der Waals surface area contributed by atoms with Gasteiger partial charge in [-0.3, -0.25) is 0 Å². The summed E-state index contributed by atoms with van der Waals surface area (Å²) in [5, 5.41) is 3.44. The molecule has 2 nitrogen and oxygen atoms in total. The number of halogens is 1. The van der Waals surface area contributed by atoms with Crippen LogP contribution in [0.15, 0.2) is 28.7 Å². The van der Waals surface area contributed by atoms with Crippen molar-refractivity contribution in [2.45, 2.75) is 25.7 Å². The largest absolute Gasteiger partial charge is 0.317 e. The molecule has 0 atom stereocenters. The van der Waals surface area contributed by atoms with E-state index in [1.807, 2.05) is 0 Å². The molecule has 0 spiro atoms. The molecule has 0 aliphatic carbocycles. The minimum absolute atomic E-state index is 0.941. The van der Waals surface area contributed by atoms with E-state index in [1.165, 1.54) is 44.5 Å². The van der Waals surface area contributed by atoms with Crippen molar-refractivity contribution in [1.29, 1.82) is 0 Å². The number of hydrogen-bond donors (Lipinski definition) is 1. The Hall–Kier alpha value is -0.380. The molecule has 0 unspecified atom stereocenters. The van der Waals surface area contributed by atoms with Gasteiger partial charge in [-0.1, -0.05) is 28.1 Å². The lowest BCUT2D eigenvalue weighted by molar-refractivity contribution is 0.273. The summed E-state index contributed by atoms with van der Waals surface area (Å²) in [5.41, 5.74) is 1.43. The number of likely N-dealkylation sites (N-methyl/N-ethyl adjacent to an activating group) is 1. The van der Waals surface area contributed by atoms with Gasteiger partial charge in [0.25, 0.3) is 0 Å². The molecule has 0 aromatic heterocycles. The lowest BCUT2D eigenvalue weighted by Crippen LogP contribution is -2.30. The summed E-state index contributed by atoms with van der Waals surface area (Å²) in [6, 6.07) is 8.68. The molecular formula is C16H25BrN2. The van der Waals surface area contributed by atoms with Gasteiger partial charge in [-0.25, -0.2) is 0 Å². The molecule has 1 aliphatic rings. The fraction of sp³-hybridized carbons (Fsp3) is 0.625. The SMILES string of the molecule is CN(CCc1ccc(Br)cc1)CCC1CCNCC1. The van der Waals surface area contributed by atoms with Gasteiger partial charge in [-0.05, 0) is 76.0 Å². The Morgan fingerprint density at radius 1 is 1.16 bits per heavy atom. The number of benzene rings is 1. The first-order valence-electron chi connectivity index (χ1n) is 7.38. The average Bonchev–Trinajstić information content (AvgIpc) is 2.45. The number of nitrogens with zero attached hydrogens (tertiary/aromatic N) is 1. The molecule has 0 saturated carbocycles. The van der Waals surface area contributed by atoms with Gasteiger partial charge >= 0.3 is 0 Å². The second-order valence-corrected chi connectivity index (χ2v) is 6.58. The van der Waals surface area contributed by atoms with Gasteiger partial charge in [0, 0.05) is 11.0 Å². The Bertz CT molecular complexity index is 358. The highest BCUT2D eigenvalue weighted by molar-refractivity contribution is 9.10. The second-order valence-electron chi connectivity index (χ2n) is 5.66. The lowest BCUT2D eigenvalue weighted by atomic mass is 9.94. The van der Waals surface area contributed by atoms with Crippen LogP contribution in [0.2, 0.25) is 0 Å². The van der Waals surface area contributed by atoms with E-state index < -0.39 is 0 Å². The van der Waals surface area contributed by atoms with Crippen LogP contribution >= 0.6 is 15.9 Å². The number of piperidine rings is 1. The Morgan fingerprint density at radius 3 is 2.53 bits per heavy atom. The van der Waals surface area contributed by atoms with Crippen LogP contribution < -0.4 is 5.32 Å². The number of rotatable bonds is 6. The Kier molecular flexibility index (Phi) is 6.35. The van der Waals surface area contributed by atoms with Crippen LogP contribution in [0, 0.1) is 5.92 Å². The van der Waals surface area contributed by atoms with Crippen LogP contribution in [0.5, 0.6) is 0 Å². The minimum atomic E-state index is 0.941. The zero-order valence-corrected chi connectivity index (χ0v) is 13.5. The second kappa shape index (κ2) is 8.03. The molecule has 1 saturated heterocycles. The molecule has 0 amide bonds. The van der Waals surface area contributed by atoms with Crippen LogP contribution in [0.25, 0.3) is 0 Å². The molecule has 106 valence electrons. The van der Waals surface area contributed by atoms with Gasteiger partial charge in [0.05, 0.1) is 0 Å². The summed E-state index contributed by atoms with van der Waals surface area (Å²) >= 11 is 3.48. The maximum absolute atomic E-state index is 3.48. The standard InChI is InChI=1S/C16H25BrN2/c1-19(13-9-15-6-10-18-11-7-15)12-8-14-2-4-16(17)5-3-14/h2-5,15,18H,6-13H2,1H3. The monoisotopic (exact) mass is 324 g/mol. The maximum atomic E-state index is 3.48. The van der Waals surface area contributed by atoms with E-state index in [0.29, 0.717) is 0 Å². The molecule has 1 heterocycles. The molecule has 1 N–H and O–H groups in total. The predicted octanol–water partition coefficient (Wildman–Crippen LogP) is 3.31. The van der Waals surface area contributed by atoms with Gasteiger partial charge in [0.2, 0.25) is 0 Å². The van der Waals surface area contributed by atoms with E-state index in [4.69, 9.17) is 0 Å². The van der Waals surface area contributed by atoms with Crippen LogP contribution in [0.3, 0.4) is 0 Å². The highest BCUT2D eigenvalue weighted by atomic mass is 79.9. The van der Waals surface area contributed by atoms with E-state index in [-0.39, 0.29) is 0 Å². The lowest BCUT2D eigenvalue weighted by Gasteiger charge is -2.25. The topological polar surface area (TPSA) is 15.3 Å². The van der Waals surface area contributed by atoms with E-state index >= 15 is 0 Å². The predicted molar refractivity (Wildman–Crippen MR) is 85.6 cm³/mol. The summed E-state index contributed by atoms with van der Waals surface area (Å²) in [5.74, 6) is 0.941. The zero-order valence-electron chi connectivity index (χ0n) is 11.9. The Labute approximate surface area is 125 Å². The van der Waals surface area contributed by atoms with Crippen LogP contribution in [-0.2, 0) is 6.42 Å². The number of hydrogen-bond acceptors (Lipinski definition) is 2. The normalized spacial score (nSPS) is 17.0. The smallest absolute Gasteiger partial charge is 0.0175 e. The summed E-state index contributed by atoms with van der Waals surface area (Å²) in [4.78, 5) is 2.48. The van der Waals surface area contributed by atoms with Gasteiger partial charge in [-0.15, -0.1) is 0 Å². The Morgan fingerprint density at radius 2 is 1.84 bits per heavy atom. The van der Waals surface area contributed by atoms with Gasteiger partial charge in [0.1, 0.15) is 0 Å². The van der Waals surface area contributed by atoms with Crippen molar-refractivity contribution < 1.29 is 0 Å². The summed E-state index contributed by atoms with van der Waals surface area (Å²) < 4.78 is 1.16. The minimum Gasteiger partial charge on any atom is -0.317 e. The summed E-state index contributed by atoms with van der Waals surface area (Å²) in [6.07, 6.45) is 5.23. The summed E-state index contributed by atoms with van der Waals surface area (Å²) in [7, 11) is 2.25. The first kappa shape index (κ1) is 15.0. The van der Waals surface area contributed by atoms with Crippen molar-refractivity contribution in [3.05, 3.63) is 34.3 Å². The van der Waals surface area contributed by atoms with Gasteiger partial charge in [0.15, 0.2) is 0 Å². The first-order chi connectivity index (χ1) is 9.24. The van der Waals surface area contributed by atoms with Crippen molar-refractivity contribution in [3.63, 3.8) is 0 Å². The molecule has 0 radical (unpaired) electrons. The molecule has 1 aromatic rings. The molecule has 0 bridgehead atoms. The third kappa shape index (κ3) is 5.64. The van der Waals surface area contributed by atoms with E-state index in [0.717, 1.165) is 23.4 Å². The highest BCUT2D eigenvalue weighted by Crippen LogP contribution is 2.16. The van der Waals surface area contributed by atoms with Crippen molar-refractivity contribution in [2.75, 3.05) is 33.2 Å². The molecule has 1 aliphatic heterocycles. The van der Waals surface area contributed by atoms with Crippen molar-refractivity contribution in [1.82, 2.24) is 10.2 Å². The fourth-order valence-electron chi connectivity index (χ4n) is 2.66. The van der Waals surface area contributed by atoms with Crippen LogP contribution in [-0.4, -0.2) is 38.1 Å². The molecule has 1 aromatic carbocycles. The van der Waals surface area contributed by atoms with Gasteiger partial charge in [-0.2, -0.15) is 0 Å². The third-order valence-electron chi connectivity index (χ3n) is 4.07. The molecule has 2 rings (SSSR count). The van der Waals surface area contributed by atoms with E-state index in [2.05, 4.69) is 57.5 Å². The molecule has 3 heteroatoms. The van der Waals surface area contributed by atoms with Crippen LogP contribution in [0.1, 0.15) is 24.8 Å².